The summed E-state index contributed by atoms with van der Waals surface area (Å²) in [6, 6.07) is 15.4. The number of nitrogens with one attached hydrogen (secondary N) is 1. The van der Waals surface area contributed by atoms with Gasteiger partial charge in [0.25, 0.3) is 0 Å². The first-order valence-electron chi connectivity index (χ1n) is 7.47. The molecule has 2 heteroatoms. The second-order valence-corrected chi connectivity index (χ2v) is 6.91. The molecular weight excluding hydrogens is 310 g/mol. The molecule has 3 aromatic rings. The lowest BCUT2D eigenvalue weighted by molar-refractivity contribution is 0.542. The zero-order valence-corrected chi connectivity index (χ0v) is 13.0. The first-order valence-corrected chi connectivity index (χ1v) is 8.39. The molecule has 0 aliphatic heterocycles. The van der Waals surface area contributed by atoms with Crippen LogP contribution in [-0.2, 0) is 0 Å². The Hall–Kier alpha value is -1.28. The highest BCUT2D eigenvalue weighted by Crippen LogP contribution is 2.42. The van der Waals surface area contributed by atoms with Crippen molar-refractivity contribution in [2.24, 2.45) is 5.92 Å². The monoisotopic (exact) mass is 327 g/mol. The predicted molar refractivity (Wildman–Crippen MR) is 89.4 cm³/mol. The molecule has 4 rings (SSSR count). The smallest absolute Gasteiger partial charge is 0.0465 e. The summed E-state index contributed by atoms with van der Waals surface area (Å²) in [5.74, 6) is 0.803. The molecular formula is C18H18BrN. The molecule has 1 nitrogen and oxygen atoms in total. The Kier molecular flexibility index (Phi) is 3.07. The van der Waals surface area contributed by atoms with Gasteiger partial charge in [-0.1, -0.05) is 53.0 Å². The van der Waals surface area contributed by atoms with E-state index in [1.807, 2.05) is 0 Å². The molecule has 0 amide bonds. The van der Waals surface area contributed by atoms with Crippen LogP contribution < -0.4 is 0 Å². The molecule has 102 valence electrons. The average molecular weight is 328 g/mol. The molecule has 1 heterocycles. The highest BCUT2D eigenvalue weighted by molar-refractivity contribution is 9.09. The first kappa shape index (κ1) is 12.5. The number of fused-ring (bicyclic) bond motifs is 3. The molecule has 20 heavy (non-hydrogen) atoms. The molecule has 1 aliphatic carbocycles. The van der Waals surface area contributed by atoms with Crippen molar-refractivity contribution < 1.29 is 0 Å². The Morgan fingerprint density at radius 2 is 1.70 bits per heavy atom. The Balaban J connectivity index is 1.82. The summed E-state index contributed by atoms with van der Waals surface area (Å²) < 4.78 is 0. The van der Waals surface area contributed by atoms with Crippen molar-refractivity contribution in [2.75, 3.05) is 0 Å². The van der Waals surface area contributed by atoms with Gasteiger partial charge in [-0.3, -0.25) is 0 Å². The Morgan fingerprint density at radius 3 is 2.55 bits per heavy atom. The number of halogens is 1. The minimum atomic E-state index is 0.503. The number of hydrogen-bond acceptors (Lipinski definition) is 0. The Morgan fingerprint density at radius 1 is 0.950 bits per heavy atom. The van der Waals surface area contributed by atoms with Gasteiger partial charge >= 0.3 is 0 Å². The van der Waals surface area contributed by atoms with Gasteiger partial charge in [-0.2, -0.15) is 0 Å². The minimum Gasteiger partial charge on any atom is -0.355 e. The quantitative estimate of drug-likeness (QED) is 0.560. The predicted octanol–water partition coefficient (Wildman–Crippen LogP) is 5.95. The van der Waals surface area contributed by atoms with E-state index in [0.29, 0.717) is 4.83 Å². The van der Waals surface area contributed by atoms with Crippen LogP contribution in [0.3, 0.4) is 0 Å². The van der Waals surface area contributed by atoms with E-state index in [1.165, 1.54) is 53.1 Å². The molecule has 0 saturated heterocycles. The van der Waals surface area contributed by atoms with Crippen molar-refractivity contribution >= 4 is 37.7 Å². The van der Waals surface area contributed by atoms with Gasteiger partial charge in [-0.25, -0.2) is 0 Å². The molecule has 1 saturated carbocycles. The number of rotatable bonds is 2. The van der Waals surface area contributed by atoms with Crippen molar-refractivity contribution in [3.63, 3.8) is 0 Å². The molecule has 0 bridgehead atoms. The van der Waals surface area contributed by atoms with Crippen LogP contribution >= 0.6 is 15.9 Å². The summed E-state index contributed by atoms with van der Waals surface area (Å²) >= 11 is 3.94. The second kappa shape index (κ2) is 4.92. The maximum Gasteiger partial charge on any atom is 0.0465 e. The average Bonchev–Trinajstić information content (AvgIpc) is 3.13. The number of benzene rings is 2. The Bertz CT molecular complexity index is 752. The van der Waals surface area contributed by atoms with Crippen molar-refractivity contribution in [1.29, 1.82) is 0 Å². The molecule has 1 atom stereocenters. The molecule has 1 fully saturated rings. The normalized spacial score (nSPS) is 18.1. The van der Waals surface area contributed by atoms with Crippen molar-refractivity contribution in [3.8, 4) is 0 Å². The fourth-order valence-electron chi connectivity index (χ4n) is 3.56. The van der Waals surface area contributed by atoms with E-state index in [0.717, 1.165) is 5.92 Å². The zero-order chi connectivity index (χ0) is 13.5. The summed E-state index contributed by atoms with van der Waals surface area (Å²) in [5.41, 5.74) is 3.89. The van der Waals surface area contributed by atoms with Crippen LogP contribution in [0.4, 0.5) is 0 Å². The lowest BCUT2D eigenvalue weighted by Crippen LogP contribution is -2.02. The van der Waals surface area contributed by atoms with E-state index in [-0.39, 0.29) is 0 Å². The number of H-pyrrole nitrogens is 1. The van der Waals surface area contributed by atoms with Crippen LogP contribution in [0.25, 0.3) is 21.8 Å². The van der Waals surface area contributed by atoms with E-state index >= 15 is 0 Å². The number of aromatic amines is 1. The van der Waals surface area contributed by atoms with Gasteiger partial charge in [-0.05, 0) is 42.5 Å². The van der Waals surface area contributed by atoms with E-state index in [9.17, 15) is 0 Å². The minimum absolute atomic E-state index is 0.503. The fourth-order valence-corrected chi connectivity index (χ4v) is 4.37. The molecule has 0 radical (unpaired) electrons. The molecule has 1 unspecified atom stereocenters. The number of alkyl halides is 1. The van der Waals surface area contributed by atoms with E-state index in [2.05, 4.69) is 63.4 Å². The molecule has 1 aliphatic rings. The van der Waals surface area contributed by atoms with Gasteiger partial charge < -0.3 is 4.98 Å². The molecule has 0 spiro atoms. The van der Waals surface area contributed by atoms with E-state index in [1.54, 1.807) is 0 Å². The van der Waals surface area contributed by atoms with E-state index < -0.39 is 0 Å². The summed E-state index contributed by atoms with van der Waals surface area (Å²) in [6.45, 7) is 0. The number of hydrogen-bond donors (Lipinski definition) is 1. The standard InChI is InChI=1S/C18H18BrN/c19-18(12-5-1-2-6-12)13-9-10-17-15(11-13)14-7-3-4-8-16(14)20-17/h3-4,7-12,18,20H,1-2,5-6H2. The third-order valence-electron chi connectivity index (χ3n) is 4.66. The van der Waals surface area contributed by atoms with Crippen LogP contribution in [-0.4, -0.2) is 4.98 Å². The van der Waals surface area contributed by atoms with Crippen molar-refractivity contribution in [3.05, 3.63) is 48.0 Å². The maximum atomic E-state index is 3.94. The Labute approximate surface area is 127 Å². The third-order valence-corrected chi connectivity index (χ3v) is 5.94. The van der Waals surface area contributed by atoms with Gasteiger partial charge in [0.2, 0.25) is 0 Å². The van der Waals surface area contributed by atoms with Crippen LogP contribution in [0.15, 0.2) is 42.5 Å². The second-order valence-electron chi connectivity index (χ2n) is 5.92. The number of para-hydroxylation sites is 1. The fraction of sp³-hybridized carbons (Fsp3) is 0.333. The molecule has 2 aromatic carbocycles. The maximum absolute atomic E-state index is 3.94. The van der Waals surface area contributed by atoms with Crippen molar-refractivity contribution in [1.82, 2.24) is 4.98 Å². The lowest BCUT2D eigenvalue weighted by atomic mass is 9.96. The van der Waals surface area contributed by atoms with Gasteiger partial charge in [-0.15, -0.1) is 0 Å². The summed E-state index contributed by atoms with van der Waals surface area (Å²) in [7, 11) is 0. The van der Waals surface area contributed by atoms with Gasteiger partial charge in [0.1, 0.15) is 0 Å². The van der Waals surface area contributed by atoms with Crippen LogP contribution in [0.2, 0.25) is 0 Å². The van der Waals surface area contributed by atoms with Crippen molar-refractivity contribution in [2.45, 2.75) is 30.5 Å². The topological polar surface area (TPSA) is 15.8 Å². The SMILES string of the molecule is BrC(c1ccc2[nH]c3ccccc3c2c1)C1CCCC1. The first-order chi connectivity index (χ1) is 9.83. The number of aromatic nitrogens is 1. The van der Waals surface area contributed by atoms with Gasteiger partial charge in [0.15, 0.2) is 0 Å². The highest BCUT2D eigenvalue weighted by Gasteiger charge is 2.24. The van der Waals surface area contributed by atoms with Crippen LogP contribution in [0, 0.1) is 5.92 Å². The summed E-state index contributed by atoms with van der Waals surface area (Å²) in [6.07, 6.45) is 5.51. The molecule has 1 aromatic heterocycles. The van der Waals surface area contributed by atoms with Gasteiger partial charge in [0, 0.05) is 26.6 Å². The molecule has 1 N–H and O–H groups in total. The highest BCUT2D eigenvalue weighted by atomic mass is 79.9. The van der Waals surface area contributed by atoms with Crippen LogP contribution in [0.1, 0.15) is 36.1 Å². The van der Waals surface area contributed by atoms with Gasteiger partial charge in [0.05, 0.1) is 0 Å². The summed E-state index contributed by atoms with van der Waals surface area (Å²) in [4.78, 5) is 4.00. The zero-order valence-electron chi connectivity index (χ0n) is 11.4. The lowest BCUT2D eigenvalue weighted by Gasteiger charge is -2.17. The largest absolute Gasteiger partial charge is 0.355 e. The van der Waals surface area contributed by atoms with E-state index in [4.69, 9.17) is 0 Å². The third kappa shape index (κ3) is 1.98. The summed E-state index contributed by atoms with van der Waals surface area (Å²) in [5, 5.41) is 2.68. The van der Waals surface area contributed by atoms with Crippen LogP contribution in [0.5, 0.6) is 0 Å².